The zero-order valence-corrected chi connectivity index (χ0v) is 11.8. The van der Waals surface area contributed by atoms with Crippen molar-refractivity contribution in [3.05, 3.63) is 62.4 Å². The van der Waals surface area contributed by atoms with Crippen LogP contribution < -0.4 is 10.5 Å². The van der Waals surface area contributed by atoms with E-state index in [1.54, 1.807) is 6.07 Å². The molecule has 0 amide bonds. The van der Waals surface area contributed by atoms with Crippen molar-refractivity contribution in [3.8, 4) is 11.5 Å². The number of ether oxygens (including phenoxy) is 1. The van der Waals surface area contributed by atoms with Crippen LogP contribution in [0.15, 0.2) is 40.9 Å². The Kier molecular flexibility index (Phi) is 4.31. The molecule has 0 radical (unpaired) electrons. The number of para-hydroxylation sites is 1. The molecule has 104 valence electrons. The normalized spacial score (nSPS) is 10.3. The fourth-order valence-corrected chi connectivity index (χ4v) is 2.12. The Hall–Kier alpha value is -1.99. The molecule has 20 heavy (non-hydrogen) atoms. The van der Waals surface area contributed by atoms with Crippen molar-refractivity contribution < 1.29 is 14.1 Å². The molecule has 5 nitrogen and oxygen atoms in total. The maximum atomic E-state index is 13.8. The summed E-state index contributed by atoms with van der Waals surface area (Å²) in [6, 6.07) is 8.45. The summed E-state index contributed by atoms with van der Waals surface area (Å²) in [6.07, 6.45) is 0. The Morgan fingerprint density at radius 2 is 2.10 bits per heavy atom. The minimum Gasteiger partial charge on any atom is -0.454 e. The van der Waals surface area contributed by atoms with Crippen molar-refractivity contribution >= 4 is 21.6 Å². The Morgan fingerprint density at radius 1 is 1.35 bits per heavy atom. The molecule has 0 saturated carbocycles. The van der Waals surface area contributed by atoms with Gasteiger partial charge < -0.3 is 10.5 Å². The Bertz CT molecular complexity index is 664. The first kappa shape index (κ1) is 14.4. The van der Waals surface area contributed by atoms with E-state index in [1.807, 2.05) is 0 Å². The molecule has 7 heteroatoms. The molecule has 0 unspecified atom stereocenters. The van der Waals surface area contributed by atoms with Gasteiger partial charge in [0.25, 0.3) is 5.69 Å². The fraction of sp³-hybridized carbons (Fsp3) is 0.0769. The second kappa shape index (κ2) is 5.98. The average molecular weight is 341 g/mol. The maximum Gasteiger partial charge on any atom is 0.274 e. The van der Waals surface area contributed by atoms with Crippen molar-refractivity contribution in [3.63, 3.8) is 0 Å². The first-order valence-corrected chi connectivity index (χ1v) is 6.41. The van der Waals surface area contributed by atoms with E-state index in [4.69, 9.17) is 10.5 Å². The number of nitro groups is 1. The SMILES string of the molecule is NCc1cccc(F)c1Oc1cc(Br)cc([N+](=O)[O-])c1. The Labute approximate surface area is 122 Å². The van der Waals surface area contributed by atoms with Crippen LogP contribution in [0.5, 0.6) is 11.5 Å². The van der Waals surface area contributed by atoms with Gasteiger partial charge in [0.05, 0.1) is 11.0 Å². The summed E-state index contributed by atoms with van der Waals surface area (Å²) >= 11 is 3.15. The molecule has 0 fully saturated rings. The van der Waals surface area contributed by atoms with Crippen LogP contribution in [0.4, 0.5) is 10.1 Å². The number of non-ortho nitro benzene ring substituents is 1. The van der Waals surface area contributed by atoms with Crippen LogP contribution in [-0.4, -0.2) is 4.92 Å². The molecule has 2 aromatic rings. The summed E-state index contributed by atoms with van der Waals surface area (Å²) in [5.41, 5.74) is 5.84. The molecular weight excluding hydrogens is 331 g/mol. The topological polar surface area (TPSA) is 78.4 Å². The van der Waals surface area contributed by atoms with E-state index in [2.05, 4.69) is 15.9 Å². The fourth-order valence-electron chi connectivity index (χ4n) is 1.66. The highest BCUT2D eigenvalue weighted by atomic mass is 79.9. The van der Waals surface area contributed by atoms with Crippen molar-refractivity contribution in [2.75, 3.05) is 0 Å². The molecular formula is C13H10BrFN2O3. The summed E-state index contributed by atoms with van der Waals surface area (Å²) in [7, 11) is 0. The maximum absolute atomic E-state index is 13.8. The van der Waals surface area contributed by atoms with Crippen molar-refractivity contribution in [2.24, 2.45) is 5.73 Å². The van der Waals surface area contributed by atoms with Gasteiger partial charge in [-0.3, -0.25) is 10.1 Å². The lowest BCUT2D eigenvalue weighted by Gasteiger charge is -2.11. The van der Waals surface area contributed by atoms with Crippen LogP contribution in [-0.2, 0) is 6.54 Å². The number of nitro benzene ring substituents is 1. The summed E-state index contributed by atoms with van der Waals surface area (Å²) in [5, 5.41) is 10.8. The van der Waals surface area contributed by atoms with Crippen LogP contribution in [0.3, 0.4) is 0 Å². The highest BCUT2D eigenvalue weighted by molar-refractivity contribution is 9.10. The standard InChI is InChI=1S/C13H10BrFN2O3/c14-9-4-10(17(18)19)6-11(5-9)20-13-8(7-16)2-1-3-12(13)15/h1-6H,7,16H2. The molecule has 2 rings (SSSR count). The van der Waals surface area contributed by atoms with Crippen molar-refractivity contribution in [1.29, 1.82) is 0 Å². The minimum absolute atomic E-state index is 0.0256. The first-order valence-electron chi connectivity index (χ1n) is 5.61. The van der Waals surface area contributed by atoms with E-state index < -0.39 is 10.7 Å². The van der Waals surface area contributed by atoms with Crippen molar-refractivity contribution in [2.45, 2.75) is 6.54 Å². The van der Waals surface area contributed by atoms with Gasteiger partial charge in [0.1, 0.15) is 5.75 Å². The van der Waals surface area contributed by atoms with E-state index in [0.29, 0.717) is 10.0 Å². The van der Waals surface area contributed by atoms with Crippen LogP contribution in [0.2, 0.25) is 0 Å². The van der Waals surface area contributed by atoms with Crippen molar-refractivity contribution in [1.82, 2.24) is 0 Å². The van der Waals surface area contributed by atoms with Crippen LogP contribution in [0.1, 0.15) is 5.56 Å². The van der Waals surface area contributed by atoms with Gasteiger partial charge in [-0.2, -0.15) is 0 Å². The Morgan fingerprint density at radius 3 is 2.75 bits per heavy atom. The quantitative estimate of drug-likeness (QED) is 0.679. The van der Waals surface area contributed by atoms with Crippen LogP contribution in [0, 0.1) is 15.9 Å². The number of rotatable bonds is 4. The van der Waals surface area contributed by atoms with Gasteiger partial charge in [-0.1, -0.05) is 28.1 Å². The number of nitrogens with two attached hydrogens (primary N) is 1. The highest BCUT2D eigenvalue weighted by Gasteiger charge is 2.14. The number of hydrogen-bond acceptors (Lipinski definition) is 4. The monoisotopic (exact) mass is 340 g/mol. The molecule has 0 bridgehead atoms. The number of hydrogen-bond donors (Lipinski definition) is 1. The number of halogens is 2. The van der Waals surface area contributed by atoms with E-state index in [1.165, 1.54) is 30.3 Å². The van der Waals surface area contributed by atoms with E-state index in [-0.39, 0.29) is 23.7 Å². The third-order valence-electron chi connectivity index (χ3n) is 2.56. The van der Waals surface area contributed by atoms with E-state index in [0.717, 1.165) is 0 Å². The summed E-state index contributed by atoms with van der Waals surface area (Å²) in [6.45, 7) is 0.100. The Balaban J connectivity index is 2.42. The van der Waals surface area contributed by atoms with E-state index >= 15 is 0 Å². The van der Waals surface area contributed by atoms with Gasteiger partial charge >= 0.3 is 0 Å². The summed E-state index contributed by atoms with van der Waals surface area (Å²) in [5.74, 6) is -0.441. The minimum atomic E-state index is -0.574. The van der Waals surface area contributed by atoms with E-state index in [9.17, 15) is 14.5 Å². The molecule has 0 spiro atoms. The van der Waals surface area contributed by atoms with Gasteiger partial charge in [-0.05, 0) is 12.1 Å². The summed E-state index contributed by atoms with van der Waals surface area (Å²) in [4.78, 5) is 10.2. The van der Waals surface area contributed by atoms with Gasteiger partial charge in [0.2, 0.25) is 0 Å². The molecule has 0 heterocycles. The average Bonchev–Trinajstić information content (AvgIpc) is 2.40. The second-order valence-electron chi connectivity index (χ2n) is 3.94. The zero-order chi connectivity index (χ0) is 14.7. The lowest BCUT2D eigenvalue weighted by atomic mass is 10.2. The number of nitrogens with zero attached hydrogens (tertiary/aromatic N) is 1. The zero-order valence-electron chi connectivity index (χ0n) is 10.2. The third-order valence-corrected chi connectivity index (χ3v) is 3.01. The van der Waals surface area contributed by atoms with Crippen LogP contribution >= 0.6 is 15.9 Å². The molecule has 2 N–H and O–H groups in total. The summed E-state index contributed by atoms with van der Waals surface area (Å²) < 4.78 is 19.6. The van der Waals surface area contributed by atoms with Gasteiger partial charge in [-0.25, -0.2) is 4.39 Å². The molecule has 0 saturated heterocycles. The predicted octanol–water partition coefficient (Wildman–Crippen LogP) is 3.75. The van der Waals surface area contributed by atoms with Crippen LogP contribution in [0.25, 0.3) is 0 Å². The lowest BCUT2D eigenvalue weighted by molar-refractivity contribution is -0.385. The largest absolute Gasteiger partial charge is 0.454 e. The highest BCUT2D eigenvalue weighted by Crippen LogP contribution is 2.32. The van der Waals surface area contributed by atoms with Gasteiger partial charge in [0.15, 0.2) is 11.6 Å². The molecule has 0 aliphatic carbocycles. The molecule has 2 aromatic carbocycles. The second-order valence-corrected chi connectivity index (χ2v) is 4.85. The third kappa shape index (κ3) is 3.12. The first-order chi connectivity index (χ1) is 9.51. The smallest absolute Gasteiger partial charge is 0.274 e. The molecule has 0 aliphatic rings. The lowest BCUT2D eigenvalue weighted by Crippen LogP contribution is -2.01. The predicted molar refractivity (Wildman–Crippen MR) is 75.2 cm³/mol. The van der Waals surface area contributed by atoms with Gasteiger partial charge in [0, 0.05) is 22.6 Å². The van der Waals surface area contributed by atoms with Gasteiger partial charge in [-0.15, -0.1) is 0 Å². The molecule has 0 atom stereocenters. The molecule has 0 aliphatic heterocycles. The number of benzene rings is 2. The molecule has 0 aromatic heterocycles.